The number of hydrogen-bond acceptors (Lipinski definition) is 4. The molecule has 1 fully saturated rings. The number of hydrogen-bond donors (Lipinski definition) is 2. The minimum Gasteiger partial charge on any atom is -0.354 e. The molecule has 2 aromatic heterocycles. The Morgan fingerprint density at radius 2 is 1.80 bits per heavy atom. The number of Topliss-reactive ketones (excluding diaryl/α,β-unsaturated/α-hetero) is 1. The molecule has 5 rings (SSSR count). The van der Waals surface area contributed by atoms with Crippen LogP contribution in [0.1, 0.15) is 41.9 Å². The number of para-hydroxylation sites is 1. The van der Waals surface area contributed by atoms with Crippen LogP contribution in [0.2, 0.25) is 0 Å². The lowest BCUT2D eigenvalue weighted by Crippen LogP contribution is -2.04. The van der Waals surface area contributed by atoms with E-state index in [0.29, 0.717) is 10.9 Å². The molecule has 2 aromatic carbocycles. The van der Waals surface area contributed by atoms with Gasteiger partial charge in [-0.1, -0.05) is 86.0 Å². The standard InChI is InChI=1S/C24H24N4OS/c29-20(15-30-24-26-21(27-28-24)14-16-8-4-5-9-16)22-18-12-6-7-13-19(18)25-23(22)17-10-2-1-3-11-17/h1-3,6-7,10-13,16,25H,4-5,8-9,14-15H2,(H,26,27,28). The van der Waals surface area contributed by atoms with Crippen molar-refractivity contribution in [1.29, 1.82) is 0 Å². The van der Waals surface area contributed by atoms with Gasteiger partial charge in [-0.25, -0.2) is 4.98 Å². The van der Waals surface area contributed by atoms with Gasteiger partial charge in [-0.05, 0) is 17.5 Å². The summed E-state index contributed by atoms with van der Waals surface area (Å²) in [5.41, 5.74) is 3.60. The Morgan fingerprint density at radius 3 is 2.63 bits per heavy atom. The number of H-pyrrole nitrogens is 2. The number of benzene rings is 2. The number of nitrogens with zero attached hydrogens (tertiary/aromatic N) is 2. The number of thioether (sulfide) groups is 1. The van der Waals surface area contributed by atoms with Gasteiger partial charge in [0.05, 0.1) is 17.0 Å². The van der Waals surface area contributed by atoms with Crippen molar-refractivity contribution in [3.8, 4) is 11.3 Å². The highest BCUT2D eigenvalue weighted by Crippen LogP contribution is 2.32. The number of aromatic amines is 2. The highest BCUT2D eigenvalue weighted by molar-refractivity contribution is 7.99. The number of fused-ring (bicyclic) bond motifs is 1. The van der Waals surface area contributed by atoms with Crippen molar-refractivity contribution in [2.24, 2.45) is 5.92 Å². The average Bonchev–Trinajstić information content (AvgIpc) is 3.53. The SMILES string of the molecule is O=C(CSc1n[nH]c(CC2CCCC2)n1)c1c(-c2ccccc2)[nH]c2ccccc12. The smallest absolute Gasteiger partial charge is 0.208 e. The van der Waals surface area contributed by atoms with Crippen LogP contribution in [-0.4, -0.2) is 31.7 Å². The van der Waals surface area contributed by atoms with Crippen molar-refractivity contribution in [3.05, 3.63) is 66.0 Å². The van der Waals surface area contributed by atoms with Crippen LogP contribution in [0, 0.1) is 5.92 Å². The van der Waals surface area contributed by atoms with Crippen LogP contribution in [0.3, 0.4) is 0 Å². The fraction of sp³-hybridized carbons (Fsp3) is 0.292. The average molecular weight is 417 g/mol. The molecule has 0 atom stereocenters. The van der Waals surface area contributed by atoms with E-state index in [9.17, 15) is 4.79 Å². The summed E-state index contributed by atoms with van der Waals surface area (Å²) < 4.78 is 0. The van der Waals surface area contributed by atoms with Crippen LogP contribution >= 0.6 is 11.8 Å². The Balaban J connectivity index is 1.35. The second kappa shape index (κ2) is 8.48. The Labute approximate surface area is 179 Å². The van der Waals surface area contributed by atoms with Gasteiger partial charge in [0.2, 0.25) is 5.16 Å². The molecular weight excluding hydrogens is 392 g/mol. The molecule has 152 valence electrons. The van der Waals surface area contributed by atoms with E-state index in [4.69, 9.17) is 0 Å². The number of aromatic nitrogens is 4. The molecule has 1 aliphatic rings. The Morgan fingerprint density at radius 1 is 1.03 bits per heavy atom. The maximum absolute atomic E-state index is 13.3. The van der Waals surface area contributed by atoms with Crippen LogP contribution in [0.4, 0.5) is 0 Å². The van der Waals surface area contributed by atoms with E-state index >= 15 is 0 Å². The molecule has 0 bridgehead atoms. The van der Waals surface area contributed by atoms with E-state index in [1.54, 1.807) is 0 Å². The third-order valence-corrected chi connectivity index (χ3v) is 6.70. The predicted octanol–water partition coefficient (Wildman–Crippen LogP) is 5.66. The molecule has 0 unspecified atom stereocenters. The van der Waals surface area contributed by atoms with Gasteiger partial charge in [0, 0.05) is 17.3 Å². The van der Waals surface area contributed by atoms with Crippen molar-refractivity contribution in [3.63, 3.8) is 0 Å². The van der Waals surface area contributed by atoms with Crippen molar-refractivity contribution in [2.45, 2.75) is 37.3 Å². The molecule has 1 aliphatic carbocycles. The van der Waals surface area contributed by atoms with Crippen LogP contribution in [-0.2, 0) is 6.42 Å². The van der Waals surface area contributed by atoms with Gasteiger partial charge in [0.1, 0.15) is 5.82 Å². The first-order valence-corrected chi connectivity index (χ1v) is 11.5. The summed E-state index contributed by atoms with van der Waals surface area (Å²) in [5.74, 6) is 2.05. The summed E-state index contributed by atoms with van der Waals surface area (Å²) >= 11 is 1.40. The zero-order valence-electron chi connectivity index (χ0n) is 16.7. The number of carbonyl (C=O) groups is 1. The lowest BCUT2D eigenvalue weighted by atomic mass is 10.0. The number of rotatable bonds is 7. The number of carbonyl (C=O) groups excluding carboxylic acids is 1. The molecule has 0 aliphatic heterocycles. The van der Waals surface area contributed by atoms with Gasteiger partial charge in [-0.15, -0.1) is 5.10 Å². The van der Waals surface area contributed by atoms with Gasteiger partial charge in [-0.2, -0.15) is 0 Å². The number of ketones is 1. The topological polar surface area (TPSA) is 74.4 Å². The minimum absolute atomic E-state index is 0.0819. The molecule has 4 aromatic rings. The molecule has 6 heteroatoms. The fourth-order valence-corrected chi connectivity index (χ4v) is 5.07. The first-order chi connectivity index (χ1) is 14.8. The summed E-state index contributed by atoms with van der Waals surface area (Å²) in [7, 11) is 0. The van der Waals surface area contributed by atoms with E-state index in [-0.39, 0.29) is 5.78 Å². The maximum atomic E-state index is 13.3. The lowest BCUT2D eigenvalue weighted by Gasteiger charge is -2.04. The molecule has 30 heavy (non-hydrogen) atoms. The van der Waals surface area contributed by atoms with Crippen molar-refractivity contribution >= 4 is 28.4 Å². The molecule has 0 spiro atoms. The van der Waals surface area contributed by atoms with Gasteiger partial charge in [-0.3, -0.25) is 9.89 Å². The Bertz CT molecular complexity index is 1160. The second-order valence-electron chi connectivity index (χ2n) is 7.92. The molecule has 0 saturated heterocycles. The van der Waals surface area contributed by atoms with E-state index < -0.39 is 0 Å². The van der Waals surface area contributed by atoms with Crippen LogP contribution < -0.4 is 0 Å². The van der Waals surface area contributed by atoms with Gasteiger partial charge in [0.25, 0.3) is 0 Å². The van der Waals surface area contributed by atoms with Gasteiger partial charge >= 0.3 is 0 Å². The van der Waals surface area contributed by atoms with Crippen molar-refractivity contribution in [1.82, 2.24) is 20.2 Å². The normalized spacial score (nSPS) is 14.5. The lowest BCUT2D eigenvalue weighted by molar-refractivity contribution is 0.102. The van der Waals surface area contributed by atoms with Gasteiger partial charge in [0.15, 0.2) is 5.78 Å². The van der Waals surface area contributed by atoms with Crippen LogP contribution in [0.5, 0.6) is 0 Å². The molecule has 0 radical (unpaired) electrons. The zero-order valence-corrected chi connectivity index (χ0v) is 17.5. The third-order valence-electron chi connectivity index (χ3n) is 5.85. The highest BCUT2D eigenvalue weighted by Gasteiger charge is 2.21. The number of nitrogens with one attached hydrogen (secondary N) is 2. The second-order valence-corrected chi connectivity index (χ2v) is 8.86. The highest BCUT2D eigenvalue weighted by atomic mass is 32.2. The monoisotopic (exact) mass is 416 g/mol. The van der Waals surface area contributed by atoms with E-state index in [2.05, 4.69) is 20.2 Å². The van der Waals surface area contributed by atoms with Crippen LogP contribution in [0.15, 0.2) is 59.8 Å². The van der Waals surface area contributed by atoms with E-state index in [0.717, 1.165) is 45.9 Å². The fourth-order valence-electron chi connectivity index (χ4n) is 4.38. The summed E-state index contributed by atoms with van der Waals surface area (Å²) in [6.45, 7) is 0. The third kappa shape index (κ3) is 3.92. The largest absolute Gasteiger partial charge is 0.354 e. The quantitative estimate of drug-likeness (QED) is 0.301. The molecular formula is C24H24N4OS. The Kier molecular flexibility index (Phi) is 5.41. The summed E-state index contributed by atoms with van der Waals surface area (Å²) in [6.07, 6.45) is 6.17. The molecule has 1 saturated carbocycles. The van der Waals surface area contributed by atoms with Crippen molar-refractivity contribution in [2.75, 3.05) is 5.75 Å². The first-order valence-electron chi connectivity index (χ1n) is 10.5. The molecule has 2 N–H and O–H groups in total. The summed E-state index contributed by atoms with van der Waals surface area (Å²) in [4.78, 5) is 21.3. The van der Waals surface area contributed by atoms with Crippen LogP contribution in [0.25, 0.3) is 22.2 Å². The molecule has 0 amide bonds. The first kappa shape index (κ1) is 19.1. The molecule has 5 nitrogen and oxygen atoms in total. The van der Waals surface area contributed by atoms with E-state index in [1.807, 2.05) is 54.6 Å². The zero-order chi connectivity index (χ0) is 20.3. The Hall–Kier alpha value is -2.86. The van der Waals surface area contributed by atoms with Gasteiger partial charge < -0.3 is 4.98 Å². The summed E-state index contributed by atoms with van der Waals surface area (Å²) in [6, 6.07) is 18.0. The maximum Gasteiger partial charge on any atom is 0.208 e. The minimum atomic E-state index is 0.0819. The van der Waals surface area contributed by atoms with Crippen molar-refractivity contribution < 1.29 is 4.79 Å². The summed E-state index contributed by atoms with van der Waals surface area (Å²) in [5, 5.41) is 8.99. The predicted molar refractivity (Wildman–Crippen MR) is 121 cm³/mol. The molecule has 2 heterocycles. The van der Waals surface area contributed by atoms with E-state index in [1.165, 1.54) is 37.4 Å².